The molecule has 1 aromatic heterocycles. The van der Waals surface area contributed by atoms with Crippen molar-refractivity contribution >= 4 is 64.0 Å². The van der Waals surface area contributed by atoms with E-state index in [-0.39, 0.29) is 38.2 Å². The maximum atomic E-state index is 12.9. The number of nitrogens with zero attached hydrogens (tertiary/aromatic N) is 3. The van der Waals surface area contributed by atoms with Gasteiger partial charge in [0, 0.05) is 19.9 Å². The number of benzene rings is 1. The molecule has 30 heavy (non-hydrogen) atoms. The van der Waals surface area contributed by atoms with Crippen LogP contribution in [0.5, 0.6) is 11.5 Å². The second-order valence-electron chi connectivity index (χ2n) is 5.79. The molecule has 0 bridgehead atoms. The number of nitrogens with one attached hydrogen (secondary N) is 2. The zero-order chi connectivity index (χ0) is 22.0. The molecule has 0 aliphatic carbocycles. The minimum atomic E-state index is -0.591. The highest BCUT2D eigenvalue weighted by atomic mass is 35.5. The monoisotopic (exact) mass is 451 g/mol. The largest absolute Gasteiger partial charge is 0.493 e. The second kappa shape index (κ2) is 8.55. The Hall–Kier alpha value is -3.38. The molecule has 1 aliphatic heterocycles. The van der Waals surface area contributed by atoms with Gasteiger partial charge in [0.15, 0.2) is 16.7 Å². The summed E-state index contributed by atoms with van der Waals surface area (Å²) in [6.07, 6.45) is 1.45. The van der Waals surface area contributed by atoms with Crippen molar-refractivity contribution in [1.82, 2.24) is 10.3 Å². The van der Waals surface area contributed by atoms with Gasteiger partial charge in [-0.05, 0) is 39.8 Å². The van der Waals surface area contributed by atoms with E-state index >= 15 is 0 Å². The number of rotatable bonds is 5. The zero-order valence-electron chi connectivity index (χ0n) is 15.8. The molecule has 11 nitrogen and oxygen atoms in total. The number of thioether (sulfide) groups is 1. The lowest BCUT2D eigenvalue weighted by Crippen LogP contribution is -2.29. The quantitative estimate of drug-likeness (QED) is 0.397. The third kappa shape index (κ3) is 4.28. The maximum absolute atomic E-state index is 12.9. The lowest BCUT2D eigenvalue weighted by molar-refractivity contribution is -0.132. The summed E-state index contributed by atoms with van der Waals surface area (Å²) in [5.74, 6) is -1.43. The number of hydrogen-bond donors (Lipinski definition) is 2. The molecule has 1 fully saturated rings. The van der Waals surface area contributed by atoms with E-state index in [1.165, 1.54) is 39.2 Å². The van der Waals surface area contributed by atoms with E-state index in [0.29, 0.717) is 5.56 Å². The van der Waals surface area contributed by atoms with E-state index in [2.05, 4.69) is 20.3 Å². The van der Waals surface area contributed by atoms with Crippen LogP contribution in [0.3, 0.4) is 0 Å². The molecule has 1 saturated heterocycles. The van der Waals surface area contributed by atoms with E-state index in [1.807, 2.05) is 0 Å². The molecule has 0 unspecified atom stereocenters. The lowest BCUT2D eigenvalue weighted by Gasteiger charge is -2.11. The summed E-state index contributed by atoms with van der Waals surface area (Å²) in [6, 6.07) is 2.88. The van der Waals surface area contributed by atoms with Crippen molar-refractivity contribution in [2.24, 2.45) is 0 Å². The van der Waals surface area contributed by atoms with Gasteiger partial charge in [-0.3, -0.25) is 19.8 Å². The Labute approximate surface area is 178 Å². The average molecular weight is 452 g/mol. The van der Waals surface area contributed by atoms with Gasteiger partial charge in [-0.25, -0.2) is 9.53 Å². The van der Waals surface area contributed by atoms with Gasteiger partial charge in [0.25, 0.3) is 5.91 Å². The summed E-state index contributed by atoms with van der Waals surface area (Å²) in [6.45, 7) is 2.50. The first-order valence-electron chi connectivity index (χ1n) is 8.20. The maximum Gasteiger partial charge on any atom is 0.308 e. The van der Waals surface area contributed by atoms with Gasteiger partial charge in [-0.15, -0.1) is 0 Å². The van der Waals surface area contributed by atoms with Gasteiger partial charge < -0.3 is 14.8 Å². The van der Waals surface area contributed by atoms with Crippen molar-refractivity contribution in [2.45, 2.75) is 13.8 Å². The van der Waals surface area contributed by atoms with Gasteiger partial charge in [0.05, 0.1) is 17.0 Å². The molecule has 2 N–H and O–H groups in total. The topological polar surface area (TPSA) is 148 Å². The summed E-state index contributed by atoms with van der Waals surface area (Å²) in [4.78, 5) is 36.5. The molecule has 0 radical (unpaired) electrons. The molecule has 2 amide bonds. The van der Waals surface area contributed by atoms with Crippen molar-refractivity contribution in [1.29, 1.82) is 5.41 Å². The average Bonchev–Trinajstić information content (AvgIpc) is 3.20. The van der Waals surface area contributed by atoms with E-state index in [1.54, 1.807) is 0 Å². The normalized spacial score (nSPS) is 14.9. The number of halogens is 1. The molecule has 0 saturated carbocycles. The fraction of sp³-hybridized carbons (Fsp3) is 0.176. The fourth-order valence-corrected chi connectivity index (χ4v) is 3.49. The predicted octanol–water partition coefficient (Wildman–Crippen LogP) is 2.67. The Morgan fingerprint density at radius 1 is 1.30 bits per heavy atom. The summed E-state index contributed by atoms with van der Waals surface area (Å²) in [5.41, 5.74) is 0.398. The number of aromatic nitrogens is 2. The third-order valence-electron chi connectivity index (χ3n) is 3.62. The molecular weight excluding hydrogens is 438 g/mol. The number of amides is 2. The van der Waals surface area contributed by atoms with Crippen molar-refractivity contribution in [2.75, 3.05) is 17.3 Å². The van der Waals surface area contributed by atoms with E-state index in [9.17, 15) is 14.4 Å². The van der Waals surface area contributed by atoms with Crippen LogP contribution in [0.25, 0.3) is 6.08 Å². The van der Waals surface area contributed by atoms with Crippen LogP contribution in [0.15, 0.2) is 21.7 Å². The molecule has 0 spiro atoms. The number of ether oxygens (including phenoxy) is 2. The molecule has 2 heterocycles. The lowest BCUT2D eigenvalue weighted by atomic mass is 10.1. The third-order valence-corrected chi connectivity index (χ3v) is 4.84. The Kier molecular flexibility index (Phi) is 6.08. The number of methoxy groups -OCH3 is 1. The first-order chi connectivity index (χ1) is 14.2. The van der Waals surface area contributed by atoms with Crippen LogP contribution >= 0.6 is 23.4 Å². The van der Waals surface area contributed by atoms with Gasteiger partial charge >= 0.3 is 5.97 Å². The van der Waals surface area contributed by atoms with Crippen molar-refractivity contribution in [3.05, 3.63) is 27.6 Å². The Bertz CT molecular complexity index is 1100. The van der Waals surface area contributed by atoms with E-state index in [4.69, 9.17) is 26.5 Å². The van der Waals surface area contributed by atoms with Crippen LogP contribution in [0, 0.1) is 5.41 Å². The number of hydrogen-bond acceptors (Lipinski definition) is 10. The van der Waals surface area contributed by atoms with E-state index in [0.717, 1.165) is 16.7 Å². The van der Waals surface area contributed by atoms with Crippen LogP contribution < -0.4 is 19.7 Å². The zero-order valence-corrected chi connectivity index (χ0v) is 17.4. The first kappa shape index (κ1) is 21.3. The van der Waals surface area contributed by atoms with Crippen molar-refractivity contribution < 1.29 is 28.5 Å². The molecule has 1 aromatic carbocycles. The number of carbonyl (C=O) groups is 3. The second-order valence-corrected chi connectivity index (χ2v) is 7.23. The number of amidine groups is 1. The molecule has 156 valence electrons. The van der Waals surface area contributed by atoms with E-state index < -0.39 is 17.8 Å². The number of carbonyl (C=O) groups excluding carboxylic acids is 3. The highest BCUT2D eigenvalue weighted by Crippen LogP contribution is 2.39. The van der Waals surface area contributed by atoms with Crippen molar-refractivity contribution in [3.63, 3.8) is 0 Å². The predicted molar refractivity (Wildman–Crippen MR) is 109 cm³/mol. The smallest absolute Gasteiger partial charge is 0.308 e. The summed E-state index contributed by atoms with van der Waals surface area (Å²) in [7, 11) is 1.39. The molecular formula is C17H14ClN5O6S. The first-order valence-corrected chi connectivity index (χ1v) is 9.39. The molecule has 0 atom stereocenters. The highest BCUT2D eigenvalue weighted by molar-refractivity contribution is 8.19. The standard InChI is InChI=1S/C17H14ClN5O6S/c1-7(24)20-14-15(22-29-21-14)23-16(26)13(30-17(23)19)5-9-4-11(27-3)12(6-10(9)18)28-8(2)25/h4-6,19H,1-3H3,(H,20,21,24)/b13-5+,19-17?. The SMILES string of the molecule is COc1cc(/C=C2/SC(=N)N(c3nonc3NC(C)=O)C2=O)c(Cl)cc1OC(C)=O. The summed E-state index contributed by atoms with van der Waals surface area (Å²) >= 11 is 7.11. The van der Waals surface area contributed by atoms with Gasteiger partial charge in [-0.2, -0.15) is 0 Å². The van der Waals surface area contributed by atoms with Gasteiger partial charge in [-0.1, -0.05) is 11.6 Å². The van der Waals surface area contributed by atoms with Crippen LogP contribution in [0.1, 0.15) is 19.4 Å². The minimum Gasteiger partial charge on any atom is -0.493 e. The number of anilines is 2. The van der Waals surface area contributed by atoms with Crippen molar-refractivity contribution in [3.8, 4) is 11.5 Å². The van der Waals surface area contributed by atoms with Crippen LogP contribution in [-0.2, 0) is 14.4 Å². The van der Waals surface area contributed by atoms with Gasteiger partial charge in [0.1, 0.15) is 0 Å². The number of esters is 1. The molecule has 2 aromatic rings. The van der Waals surface area contributed by atoms with Gasteiger partial charge in [0.2, 0.25) is 17.5 Å². The fourth-order valence-electron chi connectivity index (χ4n) is 2.45. The Morgan fingerprint density at radius 3 is 2.67 bits per heavy atom. The minimum absolute atomic E-state index is 0.0899. The Balaban J connectivity index is 1.95. The summed E-state index contributed by atoms with van der Waals surface area (Å²) < 4.78 is 14.8. The molecule has 1 aliphatic rings. The molecule has 3 rings (SSSR count). The van der Waals surface area contributed by atoms with Crippen LogP contribution in [-0.4, -0.2) is 40.4 Å². The van der Waals surface area contributed by atoms with Crippen LogP contribution in [0.2, 0.25) is 5.02 Å². The molecule has 13 heteroatoms. The summed E-state index contributed by atoms with van der Waals surface area (Å²) in [5, 5.41) is 17.7. The van der Waals surface area contributed by atoms with Crippen LogP contribution in [0.4, 0.5) is 11.6 Å². The Morgan fingerprint density at radius 2 is 2.03 bits per heavy atom. The highest BCUT2D eigenvalue weighted by Gasteiger charge is 2.38.